The molecular weight excluding hydrogens is 1040 g/mol. The van der Waals surface area contributed by atoms with Crippen LogP contribution in [0, 0.1) is 6.92 Å². The van der Waals surface area contributed by atoms with Crippen LogP contribution >= 0.6 is 21.6 Å². The van der Waals surface area contributed by atoms with Crippen LogP contribution in [0.25, 0.3) is 66.8 Å². The van der Waals surface area contributed by atoms with E-state index in [0.717, 1.165) is 108 Å². The first-order chi connectivity index (χ1) is 38.9. The zero-order chi connectivity index (χ0) is 55.6. The molecule has 402 valence electrons. The molecule has 5 aliphatic rings. The number of amides is 3. The predicted octanol–water partition coefficient (Wildman–Crippen LogP) is 13.4. The Hall–Kier alpha value is -8.59. The first-order valence-corrected chi connectivity index (χ1v) is 29.3. The summed E-state index contributed by atoms with van der Waals surface area (Å²) in [5, 5.41) is 16.1. The zero-order valence-corrected chi connectivity index (χ0v) is 46.9. The van der Waals surface area contributed by atoms with E-state index in [1.165, 1.54) is 39.8 Å². The second-order valence-corrected chi connectivity index (χ2v) is 22.0. The third-order valence-corrected chi connectivity index (χ3v) is 17.6. The van der Waals surface area contributed by atoms with Crippen molar-refractivity contribution in [3.05, 3.63) is 202 Å². The molecule has 0 radical (unpaired) electrons. The monoisotopic (exact) mass is 1100 g/mol. The lowest BCUT2D eigenvalue weighted by Gasteiger charge is -2.35. The third-order valence-electron chi connectivity index (χ3n) is 15.1. The average Bonchev–Trinajstić information content (AvgIpc) is 3.49. The van der Waals surface area contributed by atoms with Gasteiger partial charge in [-0.2, -0.15) is 0 Å². The predicted molar refractivity (Wildman–Crippen MR) is 323 cm³/mol. The number of fused-ring (bicyclic) bond motifs is 4. The number of nitrogens with zero attached hydrogens (tertiary/aromatic N) is 4. The van der Waals surface area contributed by atoms with Crippen molar-refractivity contribution in [2.24, 2.45) is 0 Å². The summed E-state index contributed by atoms with van der Waals surface area (Å²) in [6.07, 6.45) is 0. The number of phenols is 1. The van der Waals surface area contributed by atoms with E-state index in [2.05, 4.69) is 78.9 Å². The van der Waals surface area contributed by atoms with Gasteiger partial charge in [-0.25, -0.2) is 4.58 Å². The highest BCUT2D eigenvalue weighted by atomic mass is 33.1. The minimum Gasteiger partial charge on any atom is -0.508 e. The molecule has 6 aromatic carbocycles. The number of anilines is 2. The third kappa shape index (κ3) is 10.4. The molecule has 0 atom stereocenters. The second-order valence-electron chi connectivity index (χ2n) is 19.8. The van der Waals surface area contributed by atoms with Crippen molar-refractivity contribution in [3.63, 3.8) is 0 Å². The zero-order valence-electron chi connectivity index (χ0n) is 45.2. The molecule has 0 unspecified atom stereocenters. The van der Waals surface area contributed by atoms with Crippen LogP contribution in [0.3, 0.4) is 0 Å². The largest absolute Gasteiger partial charge is 0.508 e. The number of carbonyl (C=O) groups excluding carboxylic acids is 3. The van der Waals surface area contributed by atoms with Crippen molar-refractivity contribution >= 4 is 72.6 Å². The summed E-state index contributed by atoms with van der Waals surface area (Å²) in [6, 6.07) is 50.8. The molecule has 14 heteroatoms. The van der Waals surface area contributed by atoms with E-state index in [0.29, 0.717) is 59.9 Å². The molecule has 2 aliphatic carbocycles. The van der Waals surface area contributed by atoms with Crippen LogP contribution in [-0.4, -0.2) is 85.0 Å². The average molecular weight is 1100 g/mol. The van der Waals surface area contributed by atoms with E-state index in [1.807, 2.05) is 102 Å². The lowest BCUT2D eigenvalue weighted by atomic mass is 9.90. The van der Waals surface area contributed by atoms with Crippen LogP contribution in [0.2, 0.25) is 0 Å². The van der Waals surface area contributed by atoms with Crippen LogP contribution in [-0.2, 0) is 0 Å². The summed E-state index contributed by atoms with van der Waals surface area (Å²) >= 11 is 0. The number of carbonyl (C=O) groups is 3. The summed E-state index contributed by atoms with van der Waals surface area (Å²) < 4.78 is 15.1. The molecular formula is C66H60N5O7S2+. The number of nitrogens with one attached hydrogen (secondary N) is 1. The van der Waals surface area contributed by atoms with Gasteiger partial charge in [-0.15, -0.1) is 0 Å². The highest BCUT2D eigenvalue weighted by molar-refractivity contribution is 8.76. The first-order valence-electron chi connectivity index (χ1n) is 27.1. The maximum atomic E-state index is 14.8. The van der Waals surface area contributed by atoms with Crippen LogP contribution in [0.1, 0.15) is 64.3 Å². The van der Waals surface area contributed by atoms with Gasteiger partial charge in [0, 0.05) is 123 Å². The molecule has 6 aromatic rings. The Bertz CT molecular complexity index is 4090. The number of aromatic hydroxyl groups is 1. The van der Waals surface area contributed by atoms with Gasteiger partial charge in [0.1, 0.15) is 41.5 Å². The van der Waals surface area contributed by atoms with Gasteiger partial charge in [0.2, 0.25) is 5.36 Å². The van der Waals surface area contributed by atoms with E-state index in [1.54, 1.807) is 24.3 Å². The summed E-state index contributed by atoms with van der Waals surface area (Å²) in [5.41, 5.74) is 10.4. The molecule has 12 nitrogen and oxygen atoms in total. The molecule has 80 heavy (non-hydrogen) atoms. The van der Waals surface area contributed by atoms with Crippen LogP contribution in [0.4, 0.5) is 11.4 Å². The van der Waals surface area contributed by atoms with E-state index in [9.17, 15) is 24.3 Å². The number of piperazine rings is 1. The van der Waals surface area contributed by atoms with Gasteiger partial charge >= 0.3 is 0 Å². The van der Waals surface area contributed by atoms with Crippen molar-refractivity contribution in [2.45, 2.75) is 44.4 Å². The number of phenolic OH excluding ortho intramolecular Hbond substituents is 1. The van der Waals surface area contributed by atoms with Gasteiger partial charge in [-0.05, 0) is 136 Å². The molecule has 0 saturated carbocycles. The summed E-state index contributed by atoms with van der Waals surface area (Å²) in [5.74, 6) is 0.704. The van der Waals surface area contributed by atoms with Crippen LogP contribution < -0.4 is 25.6 Å². The molecule has 1 fully saturated rings. The van der Waals surface area contributed by atoms with Gasteiger partial charge in [0.05, 0.1) is 17.2 Å². The van der Waals surface area contributed by atoms with Gasteiger partial charge in [-0.1, -0.05) is 70.1 Å². The standard InChI is InChI=1S/C66H59N5O7S2/c1-6-68(7-2)43-23-28-50-56(37-43)77-57-38-44(69(8-3)9-4)24-29-51(57)63(50)48-16-10-11-17-49(48)65(75)70-32-34-71(35-33-70)66(76)55-19-13-15-21-61(55)80-79-60-20-14-12-18-54(60)64(74)67-42-22-27-47(41(5)36-42)62-52-30-25-45(72)39-58(52)78-59-40-46(73)26-31-53(59)62/h10-31,36-40H,6-9,32-35H2,1-5H3,(H-,67,72,73,74)/p+1. The minimum atomic E-state index is -0.289. The molecule has 3 heterocycles. The fraction of sp³-hybridized carbons (Fsp3) is 0.197. The number of hydrogen-bond acceptors (Lipinski definition) is 10. The fourth-order valence-electron chi connectivity index (χ4n) is 11.0. The number of hydrogen-bond donors (Lipinski definition) is 2. The van der Waals surface area contributed by atoms with Crippen molar-refractivity contribution in [2.75, 3.05) is 62.6 Å². The van der Waals surface area contributed by atoms with Gasteiger partial charge in [0.25, 0.3) is 17.7 Å². The number of aryl methyl sites for hydroxylation is 1. The molecule has 0 spiro atoms. The summed E-state index contributed by atoms with van der Waals surface area (Å²) in [7, 11) is 2.83. The topological polar surface area (TPSA) is 140 Å². The highest BCUT2D eigenvalue weighted by Crippen LogP contribution is 2.45. The van der Waals surface area contributed by atoms with Crippen molar-refractivity contribution in [1.29, 1.82) is 0 Å². The maximum Gasteiger partial charge on any atom is 0.256 e. The lowest BCUT2D eigenvalue weighted by Crippen LogP contribution is -2.50. The first kappa shape index (κ1) is 53.4. The van der Waals surface area contributed by atoms with Crippen molar-refractivity contribution in [3.8, 4) is 50.7 Å². The van der Waals surface area contributed by atoms with Crippen LogP contribution in [0.5, 0.6) is 5.75 Å². The molecule has 0 aromatic heterocycles. The van der Waals surface area contributed by atoms with Crippen molar-refractivity contribution < 1.29 is 28.3 Å². The Morgan fingerprint density at radius 1 is 0.575 bits per heavy atom. The molecule has 11 rings (SSSR count). The number of rotatable bonds is 14. The summed E-state index contributed by atoms with van der Waals surface area (Å²) in [6.45, 7) is 15.5. The molecule has 0 bridgehead atoms. The quantitative estimate of drug-likeness (QED) is 0.0614. The van der Waals surface area contributed by atoms with Crippen LogP contribution in [0.15, 0.2) is 187 Å². The van der Waals surface area contributed by atoms with Gasteiger partial charge < -0.3 is 34.0 Å². The number of benzene rings is 8. The fourth-order valence-corrected chi connectivity index (χ4v) is 13.3. The van der Waals surface area contributed by atoms with Gasteiger partial charge in [-0.3, -0.25) is 19.2 Å². The Morgan fingerprint density at radius 3 is 1.79 bits per heavy atom. The van der Waals surface area contributed by atoms with E-state index < -0.39 is 0 Å². The second kappa shape index (κ2) is 23.0. The Balaban J connectivity index is 0.791. The SMILES string of the molecule is CCN(CC)c1ccc2c(-c3ccccc3C(=O)N3CCN(C(=O)c4ccccc4SSc4ccccc4C(=O)Nc4ccc(-c5c6ccc(=O)cc-6oc6cc(O)ccc56)c(C)c4)CC3)c3ccc(=[N+](CC)CC)cc-3oc2c1. The smallest absolute Gasteiger partial charge is 0.256 e. The van der Waals surface area contributed by atoms with Gasteiger partial charge in [0.15, 0.2) is 5.43 Å². The lowest BCUT2D eigenvalue weighted by molar-refractivity contribution is 0.0534. The molecule has 3 amide bonds. The maximum absolute atomic E-state index is 14.8. The van der Waals surface area contributed by atoms with Crippen molar-refractivity contribution in [1.82, 2.24) is 14.4 Å². The Kier molecular flexibility index (Phi) is 15.4. The molecule has 1 saturated heterocycles. The Labute approximate surface area is 472 Å². The summed E-state index contributed by atoms with van der Waals surface area (Å²) in [4.78, 5) is 63.1. The van der Waals surface area contributed by atoms with E-state index in [4.69, 9.17) is 8.83 Å². The normalized spacial score (nSPS) is 12.6. The highest BCUT2D eigenvalue weighted by Gasteiger charge is 2.30. The van der Waals surface area contributed by atoms with E-state index in [-0.39, 0.29) is 28.9 Å². The minimum absolute atomic E-state index is 0.0481. The van der Waals surface area contributed by atoms with E-state index >= 15 is 0 Å². The molecule has 2 N–H and O–H groups in total. The molecule has 3 aliphatic heterocycles. The Morgan fingerprint density at radius 2 is 1.12 bits per heavy atom.